The number of amides is 1. The molecular weight excluding hydrogens is 306 g/mol. The van der Waals surface area contributed by atoms with E-state index in [1.807, 2.05) is 35.6 Å². The van der Waals surface area contributed by atoms with Crippen molar-refractivity contribution in [3.63, 3.8) is 0 Å². The summed E-state index contributed by atoms with van der Waals surface area (Å²) in [4.78, 5) is 18.3. The topological polar surface area (TPSA) is 56.6 Å². The number of rotatable bonds is 6. The molecule has 1 aromatic heterocycles. The second-order valence-corrected chi connectivity index (χ2v) is 6.05. The Hall–Kier alpha value is -2.50. The van der Waals surface area contributed by atoms with E-state index < -0.39 is 0 Å². The lowest BCUT2D eigenvalue weighted by atomic mass is 9.97. The van der Waals surface area contributed by atoms with Crippen LogP contribution in [0, 0.1) is 5.92 Å². The lowest BCUT2D eigenvalue weighted by Gasteiger charge is -2.32. The lowest BCUT2D eigenvalue weighted by molar-refractivity contribution is -0.134. The highest BCUT2D eigenvalue weighted by molar-refractivity contribution is 5.77. The molecule has 0 spiro atoms. The summed E-state index contributed by atoms with van der Waals surface area (Å²) < 4.78 is 12.8. The van der Waals surface area contributed by atoms with E-state index in [0.717, 1.165) is 38.2 Å². The maximum absolute atomic E-state index is 12.3. The standard InChI is InChI=1S/C18H23N3O3/c1-23-16-3-2-4-17(11-16)24-13-18(22)21-8-5-15(6-9-21)12-20-10-7-19-14-20/h2-4,7,10-11,14-15H,5-6,8-9,12-13H2,1H3. The molecule has 0 unspecified atom stereocenters. The molecule has 3 rings (SSSR count). The van der Waals surface area contributed by atoms with Gasteiger partial charge >= 0.3 is 0 Å². The Morgan fingerprint density at radius 2 is 2.08 bits per heavy atom. The van der Waals surface area contributed by atoms with Crippen LogP contribution in [0.1, 0.15) is 12.8 Å². The first-order valence-electron chi connectivity index (χ1n) is 8.25. The minimum absolute atomic E-state index is 0.0406. The van der Waals surface area contributed by atoms with Gasteiger partial charge in [-0.25, -0.2) is 4.98 Å². The minimum atomic E-state index is 0.0406. The highest BCUT2D eigenvalue weighted by atomic mass is 16.5. The van der Waals surface area contributed by atoms with Crippen LogP contribution in [0.5, 0.6) is 11.5 Å². The summed E-state index contributed by atoms with van der Waals surface area (Å²) in [6, 6.07) is 7.30. The van der Waals surface area contributed by atoms with Crippen LogP contribution in [0.3, 0.4) is 0 Å². The highest BCUT2D eigenvalue weighted by Gasteiger charge is 2.23. The number of nitrogens with zero attached hydrogens (tertiary/aromatic N) is 3. The summed E-state index contributed by atoms with van der Waals surface area (Å²) in [6.45, 7) is 2.63. The molecule has 24 heavy (non-hydrogen) atoms. The zero-order valence-corrected chi connectivity index (χ0v) is 13.9. The molecule has 2 aromatic rings. The van der Waals surface area contributed by atoms with E-state index in [4.69, 9.17) is 9.47 Å². The third-order valence-electron chi connectivity index (χ3n) is 4.40. The Morgan fingerprint density at radius 1 is 1.29 bits per heavy atom. The lowest BCUT2D eigenvalue weighted by Crippen LogP contribution is -2.41. The van der Waals surface area contributed by atoms with Gasteiger partial charge in [0.25, 0.3) is 5.91 Å². The molecule has 2 heterocycles. The third kappa shape index (κ3) is 4.28. The molecule has 0 bridgehead atoms. The molecule has 0 atom stereocenters. The molecule has 1 aliphatic heterocycles. The molecule has 6 nitrogen and oxygen atoms in total. The van der Waals surface area contributed by atoms with Crippen molar-refractivity contribution >= 4 is 5.91 Å². The average Bonchev–Trinajstić information content (AvgIpc) is 3.13. The number of likely N-dealkylation sites (tertiary alicyclic amines) is 1. The Balaban J connectivity index is 1.43. The molecule has 6 heteroatoms. The first-order valence-corrected chi connectivity index (χ1v) is 8.25. The fourth-order valence-electron chi connectivity index (χ4n) is 2.99. The summed E-state index contributed by atoms with van der Waals surface area (Å²) in [5, 5.41) is 0. The van der Waals surface area contributed by atoms with E-state index in [1.54, 1.807) is 19.4 Å². The number of benzene rings is 1. The molecule has 0 radical (unpaired) electrons. The molecule has 0 N–H and O–H groups in total. The normalized spacial score (nSPS) is 15.3. The van der Waals surface area contributed by atoms with Crippen molar-refractivity contribution in [2.75, 3.05) is 26.8 Å². The monoisotopic (exact) mass is 329 g/mol. The van der Waals surface area contributed by atoms with Crippen molar-refractivity contribution in [3.05, 3.63) is 43.0 Å². The van der Waals surface area contributed by atoms with E-state index >= 15 is 0 Å². The van der Waals surface area contributed by atoms with Crippen LogP contribution >= 0.6 is 0 Å². The summed E-state index contributed by atoms with van der Waals surface area (Å²) in [5.41, 5.74) is 0. The van der Waals surface area contributed by atoms with Crippen LogP contribution < -0.4 is 9.47 Å². The van der Waals surface area contributed by atoms with Crippen molar-refractivity contribution in [1.29, 1.82) is 0 Å². The smallest absolute Gasteiger partial charge is 0.260 e. The molecule has 1 saturated heterocycles. The summed E-state index contributed by atoms with van der Waals surface area (Å²) >= 11 is 0. The fraction of sp³-hybridized carbons (Fsp3) is 0.444. The number of methoxy groups -OCH3 is 1. The van der Waals surface area contributed by atoms with E-state index in [-0.39, 0.29) is 12.5 Å². The van der Waals surface area contributed by atoms with Crippen LogP contribution in [0.25, 0.3) is 0 Å². The van der Waals surface area contributed by atoms with Crippen molar-refractivity contribution in [2.45, 2.75) is 19.4 Å². The van der Waals surface area contributed by atoms with E-state index in [2.05, 4.69) is 9.55 Å². The number of hydrogen-bond acceptors (Lipinski definition) is 4. The van der Waals surface area contributed by atoms with E-state index in [9.17, 15) is 4.79 Å². The first-order chi connectivity index (χ1) is 11.7. The van der Waals surface area contributed by atoms with Gasteiger partial charge in [-0.15, -0.1) is 0 Å². The number of carbonyl (C=O) groups excluding carboxylic acids is 1. The molecule has 1 aromatic carbocycles. The van der Waals surface area contributed by atoms with Gasteiger partial charge in [-0.05, 0) is 30.9 Å². The fourth-order valence-corrected chi connectivity index (χ4v) is 2.99. The maximum Gasteiger partial charge on any atom is 0.260 e. The zero-order valence-electron chi connectivity index (χ0n) is 13.9. The van der Waals surface area contributed by atoms with Gasteiger partial charge in [0.1, 0.15) is 11.5 Å². The number of ether oxygens (including phenoxy) is 2. The SMILES string of the molecule is COc1cccc(OCC(=O)N2CCC(Cn3ccnc3)CC2)c1. The van der Waals surface area contributed by atoms with E-state index in [1.165, 1.54) is 0 Å². The van der Waals surface area contributed by atoms with Gasteiger partial charge in [0, 0.05) is 38.1 Å². The van der Waals surface area contributed by atoms with Crippen molar-refractivity contribution < 1.29 is 14.3 Å². The molecule has 0 saturated carbocycles. The summed E-state index contributed by atoms with van der Waals surface area (Å²) in [6.07, 6.45) is 7.67. The Morgan fingerprint density at radius 3 is 2.79 bits per heavy atom. The first kappa shape index (κ1) is 16.4. The third-order valence-corrected chi connectivity index (χ3v) is 4.40. The number of hydrogen-bond donors (Lipinski definition) is 0. The molecular formula is C18H23N3O3. The number of carbonyl (C=O) groups is 1. The second-order valence-electron chi connectivity index (χ2n) is 6.05. The Kier molecular flexibility index (Phi) is 5.36. The van der Waals surface area contributed by atoms with E-state index in [0.29, 0.717) is 11.7 Å². The van der Waals surface area contributed by atoms with Gasteiger partial charge in [0.15, 0.2) is 6.61 Å². The van der Waals surface area contributed by atoms with Gasteiger partial charge in [-0.1, -0.05) is 6.07 Å². The van der Waals surface area contributed by atoms with Gasteiger partial charge < -0.3 is 18.9 Å². The van der Waals surface area contributed by atoms with Gasteiger partial charge in [-0.3, -0.25) is 4.79 Å². The highest BCUT2D eigenvalue weighted by Crippen LogP contribution is 2.21. The van der Waals surface area contributed by atoms with Crippen LogP contribution in [0.4, 0.5) is 0 Å². The van der Waals surface area contributed by atoms with Gasteiger partial charge in [-0.2, -0.15) is 0 Å². The minimum Gasteiger partial charge on any atom is -0.497 e. The van der Waals surface area contributed by atoms with Gasteiger partial charge in [0.05, 0.1) is 13.4 Å². The largest absolute Gasteiger partial charge is 0.497 e. The molecule has 0 aliphatic carbocycles. The quantitative estimate of drug-likeness (QED) is 0.815. The molecule has 1 aliphatic rings. The number of piperidine rings is 1. The summed E-state index contributed by atoms with van der Waals surface area (Å²) in [5.74, 6) is 2.01. The van der Waals surface area contributed by atoms with Crippen LogP contribution in [-0.4, -0.2) is 47.2 Å². The second kappa shape index (κ2) is 7.86. The van der Waals surface area contributed by atoms with Crippen molar-refractivity contribution in [3.8, 4) is 11.5 Å². The predicted octanol–water partition coefficient (Wildman–Crippen LogP) is 2.21. The van der Waals surface area contributed by atoms with Crippen molar-refractivity contribution in [2.24, 2.45) is 5.92 Å². The molecule has 1 amide bonds. The molecule has 1 fully saturated rings. The average molecular weight is 329 g/mol. The molecule has 128 valence electrons. The van der Waals surface area contributed by atoms with Crippen molar-refractivity contribution in [1.82, 2.24) is 14.5 Å². The Labute approximate surface area is 142 Å². The zero-order chi connectivity index (χ0) is 16.8. The number of aromatic nitrogens is 2. The maximum atomic E-state index is 12.3. The van der Waals surface area contributed by atoms with Gasteiger partial charge in [0.2, 0.25) is 0 Å². The predicted molar refractivity (Wildman–Crippen MR) is 90.0 cm³/mol. The summed E-state index contributed by atoms with van der Waals surface area (Å²) in [7, 11) is 1.61. The van der Waals surface area contributed by atoms with Crippen LogP contribution in [0.2, 0.25) is 0 Å². The van der Waals surface area contributed by atoms with Crippen LogP contribution in [0.15, 0.2) is 43.0 Å². The Bertz CT molecular complexity index is 649. The van der Waals surface area contributed by atoms with Crippen LogP contribution in [-0.2, 0) is 11.3 Å². The number of imidazole rings is 1.